The van der Waals surface area contributed by atoms with Crippen LogP contribution in [0.25, 0.3) is 0 Å². The fourth-order valence-electron chi connectivity index (χ4n) is 1.64. The molecule has 0 radical (unpaired) electrons. The van der Waals surface area contributed by atoms with Gasteiger partial charge in [0.2, 0.25) is 23.6 Å². The number of hydrogen-bond acceptors (Lipinski definition) is 4. The molecule has 0 aliphatic rings. The van der Waals surface area contributed by atoms with Gasteiger partial charge in [-0.15, -0.1) is 11.6 Å². The van der Waals surface area contributed by atoms with Crippen LogP contribution in [0.4, 0.5) is 0 Å². The first kappa shape index (κ1) is 23.6. The Labute approximate surface area is 173 Å². The third-order valence-corrected chi connectivity index (χ3v) is 4.38. The lowest BCUT2D eigenvalue weighted by Crippen LogP contribution is -2.48. The van der Waals surface area contributed by atoms with E-state index in [0.717, 1.165) is 0 Å². The van der Waals surface area contributed by atoms with Crippen molar-refractivity contribution in [3.63, 3.8) is 0 Å². The number of halogens is 3. The standard InChI is InChI=1S/C13H21ClI2N4O4/c14-6-10(21)18-4-5-19-13(24)9(20-12(23)8-16)2-1-3-17-11(22)7-15/h9H,1-8H2,(H,17,22)(H,18,21)(H,19,24)(H,20,23). The average Bonchev–Trinajstić information content (AvgIpc) is 2.59. The van der Waals surface area contributed by atoms with Gasteiger partial charge in [-0.05, 0) is 12.8 Å². The molecule has 0 aromatic heterocycles. The number of hydrogen-bond donors (Lipinski definition) is 4. The first-order chi connectivity index (χ1) is 11.4. The average molecular weight is 587 g/mol. The Bertz CT molecular complexity index is 440. The van der Waals surface area contributed by atoms with Crippen molar-refractivity contribution in [1.29, 1.82) is 0 Å². The third-order valence-electron chi connectivity index (χ3n) is 2.75. The van der Waals surface area contributed by atoms with E-state index in [-0.39, 0.29) is 47.0 Å². The third kappa shape index (κ3) is 12.1. The fourth-order valence-corrected chi connectivity index (χ4v) is 2.23. The topological polar surface area (TPSA) is 116 Å². The van der Waals surface area contributed by atoms with E-state index in [4.69, 9.17) is 11.6 Å². The summed E-state index contributed by atoms with van der Waals surface area (Å²) in [6.07, 6.45) is 0.967. The molecule has 4 N–H and O–H groups in total. The van der Waals surface area contributed by atoms with Gasteiger partial charge in [0, 0.05) is 19.6 Å². The lowest BCUT2D eigenvalue weighted by molar-refractivity contribution is -0.128. The lowest BCUT2D eigenvalue weighted by atomic mass is 10.1. The van der Waals surface area contributed by atoms with Crippen molar-refractivity contribution in [2.75, 3.05) is 34.4 Å². The minimum atomic E-state index is -0.674. The normalized spacial score (nSPS) is 11.3. The summed E-state index contributed by atoms with van der Waals surface area (Å²) in [5, 5.41) is 10.5. The van der Waals surface area contributed by atoms with Crippen molar-refractivity contribution < 1.29 is 19.2 Å². The van der Waals surface area contributed by atoms with Gasteiger partial charge in [0.1, 0.15) is 11.9 Å². The molecule has 24 heavy (non-hydrogen) atoms. The lowest BCUT2D eigenvalue weighted by Gasteiger charge is -2.18. The van der Waals surface area contributed by atoms with Crippen LogP contribution >= 0.6 is 56.8 Å². The van der Waals surface area contributed by atoms with Crippen molar-refractivity contribution in [2.24, 2.45) is 0 Å². The monoisotopic (exact) mass is 586 g/mol. The van der Waals surface area contributed by atoms with Crippen molar-refractivity contribution in [2.45, 2.75) is 18.9 Å². The van der Waals surface area contributed by atoms with Crippen LogP contribution in [-0.2, 0) is 19.2 Å². The molecule has 4 amide bonds. The Balaban J connectivity index is 4.26. The van der Waals surface area contributed by atoms with Crippen LogP contribution in [0.5, 0.6) is 0 Å². The highest BCUT2D eigenvalue weighted by atomic mass is 127. The summed E-state index contributed by atoms with van der Waals surface area (Å²) >= 11 is 9.22. The molecule has 1 unspecified atom stereocenters. The van der Waals surface area contributed by atoms with Gasteiger partial charge in [-0.2, -0.15) is 0 Å². The molecule has 0 aliphatic carbocycles. The van der Waals surface area contributed by atoms with Crippen molar-refractivity contribution >= 4 is 80.4 Å². The predicted octanol–water partition coefficient (Wildman–Crippen LogP) is -0.291. The maximum absolute atomic E-state index is 12.1. The van der Waals surface area contributed by atoms with E-state index in [9.17, 15) is 19.2 Å². The second-order valence-electron chi connectivity index (χ2n) is 4.65. The molecule has 0 aliphatic heterocycles. The highest BCUT2D eigenvalue weighted by molar-refractivity contribution is 14.1. The first-order valence-electron chi connectivity index (χ1n) is 7.23. The van der Waals surface area contributed by atoms with Gasteiger partial charge in [0.15, 0.2) is 0 Å². The summed E-state index contributed by atoms with van der Waals surface area (Å²) in [7, 11) is 0. The van der Waals surface area contributed by atoms with Crippen LogP contribution in [0.15, 0.2) is 0 Å². The summed E-state index contributed by atoms with van der Waals surface area (Å²) in [6, 6.07) is -0.674. The largest absolute Gasteiger partial charge is 0.355 e. The predicted molar refractivity (Wildman–Crippen MR) is 109 cm³/mol. The van der Waals surface area contributed by atoms with E-state index in [1.807, 2.05) is 45.2 Å². The Hall–Kier alpha value is -0.370. The number of nitrogens with one attached hydrogen (secondary N) is 4. The molecular weight excluding hydrogens is 565 g/mol. The van der Waals surface area contributed by atoms with Crippen LogP contribution in [-0.4, -0.2) is 64.0 Å². The first-order valence-corrected chi connectivity index (χ1v) is 10.8. The van der Waals surface area contributed by atoms with Crippen molar-refractivity contribution in [3.8, 4) is 0 Å². The second kappa shape index (κ2) is 14.9. The van der Waals surface area contributed by atoms with Gasteiger partial charge in [-0.1, -0.05) is 45.2 Å². The number of amides is 4. The van der Waals surface area contributed by atoms with Gasteiger partial charge in [-0.3, -0.25) is 19.2 Å². The van der Waals surface area contributed by atoms with E-state index in [1.165, 1.54) is 0 Å². The Kier molecular flexibility index (Phi) is 14.7. The molecule has 0 aromatic rings. The number of carbonyl (C=O) groups excluding carboxylic acids is 4. The molecule has 0 spiro atoms. The minimum absolute atomic E-state index is 0.0667. The molecule has 8 nitrogen and oxygen atoms in total. The van der Waals surface area contributed by atoms with Gasteiger partial charge in [0.25, 0.3) is 0 Å². The van der Waals surface area contributed by atoms with Crippen LogP contribution in [0, 0.1) is 0 Å². The Morgan fingerprint density at radius 1 is 0.833 bits per heavy atom. The van der Waals surface area contributed by atoms with Gasteiger partial charge >= 0.3 is 0 Å². The van der Waals surface area contributed by atoms with Crippen LogP contribution in [0.3, 0.4) is 0 Å². The summed E-state index contributed by atoms with van der Waals surface area (Å²) in [5.41, 5.74) is 0. The quantitative estimate of drug-likeness (QED) is 0.143. The molecule has 0 saturated carbocycles. The van der Waals surface area contributed by atoms with Crippen LogP contribution < -0.4 is 21.3 Å². The maximum Gasteiger partial charge on any atom is 0.242 e. The zero-order valence-corrected chi connectivity index (χ0v) is 18.1. The highest BCUT2D eigenvalue weighted by Gasteiger charge is 2.19. The Morgan fingerprint density at radius 2 is 1.42 bits per heavy atom. The summed E-state index contributed by atoms with van der Waals surface area (Å²) in [5.74, 6) is -1.07. The zero-order valence-electron chi connectivity index (χ0n) is 13.0. The smallest absolute Gasteiger partial charge is 0.242 e. The van der Waals surface area contributed by atoms with E-state index in [2.05, 4.69) is 21.3 Å². The number of rotatable bonds is 12. The summed E-state index contributed by atoms with van der Waals surface area (Å²) in [6.45, 7) is 0.942. The van der Waals surface area contributed by atoms with Gasteiger partial charge in [-0.25, -0.2) is 0 Å². The van der Waals surface area contributed by atoms with Crippen LogP contribution in [0.2, 0.25) is 0 Å². The van der Waals surface area contributed by atoms with Gasteiger partial charge in [0.05, 0.1) is 8.86 Å². The molecule has 11 heteroatoms. The summed E-state index contributed by atoms with van der Waals surface area (Å²) in [4.78, 5) is 45.8. The zero-order chi connectivity index (χ0) is 18.4. The molecule has 1 atom stereocenters. The van der Waals surface area contributed by atoms with E-state index >= 15 is 0 Å². The van der Waals surface area contributed by atoms with E-state index < -0.39 is 6.04 Å². The molecule has 0 heterocycles. The van der Waals surface area contributed by atoms with Gasteiger partial charge < -0.3 is 21.3 Å². The van der Waals surface area contributed by atoms with Crippen molar-refractivity contribution in [1.82, 2.24) is 21.3 Å². The van der Waals surface area contributed by atoms with Crippen LogP contribution in [0.1, 0.15) is 12.8 Å². The SMILES string of the molecule is O=C(CCl)NCCNC(=O)C(CCCNC(=O)CI)NC(=O)CI. The Morgan fingerprint density at radius 3 is 2.00 bits per heavy atom. The molecule has 138 valence electrons. The molecule has 0 bridgehead atoms. The molecule has 0 rings (SSSR count). The van der Waals surface area contributed by atoms with Crippen molar-refractivity contribution in [3.05, 3.63) is 0 Å². The summed E-state index contributed by atoms with van der Waals surface area (Å²) < 4.78 is 0.625. The van der Waals surface area contributed by atoms with E-state index in [1.54, 1.807) is 0 Å². The second-order valence-corrected chi connectivity index (χ2v) is 6.45. The highest BCUT2D eigenvalue weighted by Crippen LogP contribution is 1.98. The molecular formula is C13H21ClI2N4O4. The molecule has 0 fully saturated rings. The fraction of sp³-hybridized carbons (Fsp3) is 0.692. The maximum atomic E-state index is 12.1. The number of alkyl halides is 3. The minimum Gasteiger partial charge on any atom is -0.355 e. The molecule has 0 aromatic carbocycles. The molecule has 0 saturated heterocycles. The number of carbonyl (C=O) groups is 4. The van der Waals surface area contributed by atoms with E-state index in [0.29, 0.717) is 23.8 Å².